The second-order valence-corrected chi connectivity index (χ2v) is 11.2. The van der Waals surface area contributed by atoms with Crippen molar-refractivity contribution in [3.63, 3.8) is 0 Å². The highest BCUT2D eigenvalue weighted by Crippen LogP contribution is 2.35. The molecule has 0 bridgehead atoms. The van der Waals surface area contributed by atoms with Gasteiger partial charge >= 0.3 is 5.97 Å². The van der Waals surface area contributed by atoms with Crippen molar-refractivity contribution in [1.29, 1.82) is 0 Å². The van der Waals surface area contributed by atoms with Crippen molar-refractivity contribution in [2.45, 2.75) is 70.8 Å². The monoisotopic (exact) mass is 532 g/mol. The highest BCUT2D eigenvalue weighted by Gasteiger charge is 2.30. The second-order valence-electron chi connectivity index (χ2n) is 11.2. The van der Waals surface area contributed by atoms with Crippen LogP contribution in [0, 0.1) is 18.8 Å². The molecule has 4 rings (SSSR count). The molecule has 1 aromatic heterocycles. The van der Waals surface area contributed by atoms with Gasteiger partial charge in [-0.3, -0.25) is 9.78 Å². The molecule has 1 unspecified atom stereocenters. The minimum Gasteiger partial charge on any atom is -0.497 e. The Morgan fingerprint density at radius 2 is 1.95 bits per heavy atom. The molecule has 1 aliphatic rings. The van der Waals surface area contributed by atoms with Gasteiger partial charge in [0.05, 0.1) is 18.7 Å². The molecule has 0 spiro atoms. The number of benzene rings is 2. The van der Waals surface area contributed by atoms with Gasteiger partial charge in [-0.15, -0.1) is 0 Å². The maximum absolute atomic E-state index is 11.4. The van der Waals surface area contributed by atoms with Gasteiger partial charge in [0.2, 0.25) is 0 Å². The standard InChI is InChI=1S/C33H44N2O4/c1-24-8-5-6-10-25(24)9-4-3-7-20-35-21-18-26(27(23-35)12-16-33(37)38)11-15-32(36)29-17-19-34-31-14-13-28(39-2)22-30(29)31/h5-6,8,10,13-14,17,19,22,26-27,32,36H,3-4,7,9,11-12,15-16,18,20-21,23H2,1-2H3,(H,37,38)/t26-,27+,32?/m1/s1. The summed E-state index contributed by atoms with van der Waals surface area (Å²) < 4.78 is 5.39. The van der Waals surface area contributed by atoms with Crippen LogP contribution >= 0.6 is 0 Å². The van der Waals surface area contributed by atoms with E-state index in [9.17, 15) is 15.0 Å². The highest BCUT2D eigenvalue weighted by molar-refractivity contribution is 5.83. The number of carbonyl (C=O) groups is 1. The minimum absolute atomic E-state index is 0.211. The molecular formula is C33H44N2O4. The van der Waals surface area contributed by atoms with Crippen LogP contribution in [0.25, 0.3) is 10.9 Å². The summed E-state index contributed by atoms with van der Waals surface area (Å²) in [5, 5.41) is 21.4. The number of hydrogen-bond acceptors (Lipinski definition) is 5. The number of methoxy groups -OCH3 is 1. The summed E-state index contributed by atoms with van der Waals surface area (Å²) in [6, 6.07) is 16.3. The number of unbranched alkanes of at least 4 members (excludes halogenated alkanes) is 2. The van der Waals surface area contributed by atoms with E-state index in [4.69, 9.17) is 4.74 Å². The van der Waals surface area contributed by atoms with Gasteiger partial charge in [-0.05, 0) is 118 Å². The molecule has 0 aliphatic carbocycles. The summed E-state index contributed by atoms with van der Waals surface area (Å²) in [6.45, 7) is 5.28. The number of likely N-dealkylation sites (tertiary alicyclic amines) is 1. The molecule has 0 amide bonds. The first kappa shape index (κ1) is 29.0. The number of rotatable bonds is 14. The molecule has 39 heavy (non-hydrogen) atoms. The van der Waals surface area contributed by atoms with Gasteiger partial charge in [-0.2, -0.15) is 0 Å². The van der Waals surface area contributed by atoms with E-state index in [-0.39, 0.29) is 6.42 Å². The molecule has 210 valence electrons. The van der Waals surface area contributed by atoms with Crippen molar-refractivity contribution < 1.29 is 19.7 Å². The predicted octanol–water partition coefficient (Wildman–Crippen LogP) is 6.58. The van der Waals surface area contributed by atoms with E-state index in [1.807, 2.05) is 24.3 Å². The molecule has 1 aliphatic heterocycles. The smallest absolute Gasteiger partial charge is 0.303 e. The molecule has 3 aromatic rings. The fraction of sp³-hybridized carbons (Fsp3) is 0.515. The zero-order valence-corrected chi connectivity index (χ0v) is 23.5. The Morgan fingerprint density at radius 3 is 2.74 bits per heavy atom. The van der Waals surface area contributed by atoms with Crippen LogP contribution < -0.4 is 4.74 Å². The Kier molecular flexibility index (Phi) is 10.7. The Balaban J connectivity index is 1.29. The van der Waals surface area contributed by atoms with Crippen molar-refractivity contribution >= 4 is 16.9 Å². The van der Waals surface area contributed by atoms with Crippen LogP contribution in [0.3, 0.4) is 0 Å². The Hall–Kier alpha value is -2.96. The normalized spacial score (nSPS) is 18.7. The number of pyridine rings is 1. The molecule has 6 heteroatoms. The fourth-order valence-corrected chi connectivity index (χ4v) is 6.18. The number of aliphatic hydroxyl groups excluding tert-OH is 1. The average Bonchev–Trinajstić information content (AvgIpc) is 2.95. The Labute approximate surface area is 233 Å². The molecule has 1 fully saturated rings. The number of nitrogens with zero attached hydrogens (tertiary/aromatic N) is 2. The van der Waals surface area contributed by atoms with Crippen LogP contribution in [-0.2, 0) is 11.2 Å². The van der Waals surface area contributed by atoms with Gasteiger partial charge in [0.1, 0.15) is 5.75 Å². The second kappa shape index (κ2) is 14.4. The van der Waals surface area contributed by atoms with Crippen LogP contribution in [0.5, 0.6) is 5.75 Å². The first-order valence-corrected chi connectivity index (χ1v) is 14.5. The maximum atomic E-state index is 11.4. The van der Waals surface area contributed by atoms with Crippen LogP contribution in [0.15, 0.2) is 54.7 Å². The number of carboxylic acid groups (broad SMARTS) is 1. The fourth-order valence-electron chi connectivity index (χ4n) is 6.18. The van der Waals surface area contributed by atoms with Crippen LogP contribution in [-0.4, -0.2) is 52.8 Å². The van der Waals surface area contributed by atoms with Gasteiger partial charge in [-0.25, -0.2) is 0 Å². The van der Waals surface area contributed by atoms with Crippen molar-refractivity contribution in [2.75, 3.05) is 26.7 Å². The molecule has 3 atom stereocenters. The summed E-state index contributed by atoms with van der Waals surface area (Å²) in [7, 11) is 1.64. The third-order valence-electron chi connectivity index (χ3n) is 8.54. The summed E-state index contributed by atoms with van der Waals surface area (Å²) >= 11 is 0. The average molecular weight is 533 g/mol. The first-order valence-electron chi connectivity index (χ1n) is 14.5. The van der Waals surface area contributed by atoms with Crippen molar-refractivity contribution in [3.8, 4) is 5.75 Å². The molecule has 2 heterocycles. The van der Waals surface area contributed by atoms with E-state index in [2.05, 4.69) is 41.1 Å². The van der Waals surface area contributed by atoms with Gasteiger partial charge in [-0.1, -0.05) is 30.7 Å². The third kappa shape index (κ3) is 8.26. The number of piperidine rings is 1. The molecule has 0 saturated carbocycles. The topological polar surface area (TPSA) is 82.9 Å². The quantitative estimate of drug-likeness (QED) is 0.228. The van der Waals surface area contributed by atoms with Gasteiger partial charge in [0, 0.05) is 24.5 Å². The largest absolute Gasteiger partial charge is 0.497 e. The van der Waals surface area contributed by atoms with Crippen molar-refractivity contribution in [3.05, 3.63) is 71.4 Å². The van der Waals surface area contributed by atoms with Gasteiger partial charge in [0.15, 0.2) is 0 Å². The summed E-state index contributed by atoms with van der Waals surface area (Å²) in [6.07, 6.45) is 9.42. The molecule has 1 saturated heterocycles. The predicted molar refractivity (Wildman–Crippen MR) is 156 cm³/mol. The highest BCUT2D eigenvalue weighted by atomic mass is 16.5. The number of aryl methyl sites for hydroxylation is 2. The summed E-state index contributed by atoms with van der Waals surface area (Å²) in [4.78, 5) is 18.3. The van der Waals surface area contributed by atoms with Crippen LogP contribution in [0.1, 0.15) is 74.2 Å². The van der Waals surface area contributed by atoms with Gasteiger partial charge in [0.25, 0.3) is 0 Å². The number of fused-ring (bicyclic) bond motifs is 1. The molecule has 6 nitrogen and oxygen atoms in total. The van der Waals surface area contributed by atoms with Crippen LogP contribution in [0.4, 0.5) is 0 Å². The number of hydrogen-bond donors (Lipinski definition) is 2. The lowest BCUT2D eigenvalue weighted by atomic mass is 9.79. The first-order chi connectivity index (χ1) is 18.9. The lowest BCUT2D eigenvalue weighted by molar-refractivity contribution is -0.137. The van der Waals surface area contributed by atoms with Gasteiger partial charge < -0.3 is 19.8 Å². The summed E-state index contributed by atoms with van der Waals surface area (Å²) in [5.41, 5.74) is 4.55. The van der Waals surface area contributed by atoms with Crippen molar-refractivity contribution in [1.82, 2.24) is 9.88 Å². The van der Waals surface area contributed by atoms with E-state index in [1.165, 1.54) is 30.4 Å². The minimum atomic E-state index is -0.723. The Bertz CT molecular complexity index is 1210. The molecular weight excluding hydrogens is 488 g/mol. The van der Waals surface area contributed by atoms with E-state index < -0.39 is 12.1 Å². The number of ether oxygens (including phenoxy) is 1. The number of aliphatic hydroxyl groups is 1. The molecule has 2 aromatic carbocycles. The Morgan fingerprint density at radius 1 is 1.10 bits per heavy atom. The van der Waals surface area contributed by atoms with E-state index in [1.54, 1.807) is 13.3 Å². The van der Waals surface area contributed by atoms with Crippen LogP contribution in [0.2, 0.25) is 0 Å². The molecule has 2 N–H and O–H groups in total. The SMILES string of the molecule is COc1ccc2nccc(C(O)CC[C@@H]3CCN(CCCCCc4ccccc4C)C[C@@H]3CCC(=O)O)c2c1. The lowest BCUT2D eigenvalue weighted by Crippen LogP contribution is -2.41. The van der Waals surface area contributed by atoms with E-state index >= 15 is 0 Å². The zero-order chi connectivity index (χ0) is 27.6. The number of carboxylic acids is 1. The number of aliphatic carboxylic acids is 1. The maximum Gasteiger partial charge on any atom is 0.303 e. The summed E-state index contributed by atoms with van der Waals surface area (Å²) in [5.74, 6) is 0.807. The number of aromatic nitrogens is 1. The molecule has 0 radical (unpaired) electrons. The third-order valence-corrected chi connectivity index (χ3v) is 8.54. The van der Waals surface area contributed by atoms with Crippen molar-refractivity contribution in [2.24, 2.45) is 11.8 Å². The lowest BCUT2D eigenvalue weighted by Gasteiger charge is -2.39. The zero-order valence-electron chi connectivity index (χ0n) is 23.5. The van der Waals surface area contributed by atoms with E-state index in [0.717, 1.165) is 61.1 Å². The van der Waals surface area contributed by atoms with E-state index in [0.29, 0.717) is 24.7 Å².